The van der Waals surface area contributed by atoms with Crippen molar-refractivity contribution in [2.24, 2.45) is 0 Å². The number of aromatic nitrogens is 3. The highest BCUT2D eigenvalue weighted by molar-refractivity contribution is 7.09. The minimum absolute atomic E-state index is 0.793. The van der Waals surface area contributed by atoms with Crippen LogP contribution in [0.15, 0.2) is 23.7 Å². The molecule has 104 valence electrons. The van der Waals surface area contributed by atoms with Crippen LogP contribution in [0.5, 0.6) is 0 Å². The van der Waals surface area contributed by atoms with Gasteiger partial charge in [-0.05, 0) is 25.0 Å². The van der Waals surface area contributed by atoms with Gasteiger partial charge in [-0.2, -0.15) is 0 Å². The van der Waals surface area contributed by atoms with Crippen LogP contribution in [0.4, 0.5) is 0 Å². The molecule has 2 aromatic heterocycles. The van der Waals surface area contributed by atoms with Crippen molar-refractivity contribution >= 4 is 11.3 Å². The number of rotatable bonds is 8. The van der Waals surface area contributed by atoms with Gasteiger partial charge in [0.25, 0.3) is 0 Å². The van der Waals surface area contributed by atoms with Gasteiger partial charge >= 0.3 is 0 Å². The summed E-state index contributed by atoms with van der Waals surface area (Å²) in [5.74, 6) is 0. The molecule has 2 rings (SSSR count). The molecule has 2 heterocycles. The van der Waals surface area contributed by atoms with Crippen molar-refractivity contribution in [3.05, 3.63) is 34.3 Å². The first-order valence-electron chi connectivity index (χ1n) is 6.58. The van der Waals surface area contributed by atoms with Gasteiger partial charge < -0.3 is 5.32 Å². The third-order valence-electron chi connectivity index (χ3n) is 2.86. The van der Waals surface area contributed by atoms with Gasteiger partial charge in [0.1, 0.15) is 0 Å². The van der Waals surface area contributed by atoms with Crippen molar-refractivity contribution in [2.45, 2.75) is 26.6 Å². The van der Waals surface area contributed by atoms with Gasteiger partial charge in [-0.15, -0.1) is 16.4 Å². The summed E-state index contributed by atoms with van der Waals surface area (Å²) in [6.45, 7) is 6.68. The average molecular weight is 279 g/mol. The zero-order valence-corrected chi connectivity index (χ0v) is 12.4. The summed E-state index contributed by atoms with van der Waals surface area (Å²) in [4.78, 5) is 3.70. The van der Waals surface area contributed by atoms with Crippen LogP contribution in [-0.2, 0) is 19.6 Å². The molecule has 0 spiro atoms. The molecule has 1 N–H and O–H groups in total. The Morgan fingerprint density at radius 3 is 3.11 bits per heavy atom. The number of hydrogen-bond acceptors (Lipinski definition) is 5. The Morgan fingerprint density at radius 2 is 2.37 bits per heavy atom. The van der Waals surface area contributed by atoms with E-state index < -0.39 is 0 Å². The first kappa shape index (κ1) is 14.2. The largest absolute Gasteiger partial charge is 0.311 e. The van der Waals surface area contributed by atoms with Crippen molar-refractivity contribution < 1.29 is 0 Å². The maximum absolute atomic E-state index is 4.14. The Labute approximate surface area is 118 Å². The second-order valence-electron chi connectivity index (χ2n) is 4.57. The SMILES string of the molecule is CCNCc1cn(CCN(C)Cc2cccs2)nn1. The highest BCUT2D eigenvalue weighted by atomic mass is 32.1. The molecule has 0 saturated heterocycles. The predicted octanol–water partition coefficient (Wildman–Crippen LogP) is 1.58. The molecule has 0 aliphatic heterocycles. The lowest BCUT2D eigenvalue weighted by Gasteiger charge is -2.14. The van der Waals surface area contributed by atoms with E-state index in [9.17, 15) is 0 Å². The monoisotopic (exact) mass is 279 g/mol. The normalized spacial score (nSPS) is 11.3. The van der Waals surface area contributed by atoms with Crippen LogP contribution in [-0.4, -0.2) is 40.0 Å². The highest BCUT2D eigenvalue weighted by Gasteiger charge is 2.03. The van der Waals surface area contributed by atoms with Crippen LogP contribution in [0, 0.1) is 0 Å². The summed E-state index contributed by atoms with van der Waals surface area (Å²) in [5, 5.41) is 13.6. The molecule has 0 aliphatic rings. The quantitative estimate of drug-likeness (QED) is 0.797. The molecule has 0 unspecified atom stereocenters. The summed E-state index contributed by atoms with van der Waals surface area (Å²) in [7, 11) is 2.14. The second-order valence-corrected chi connectivity index (χ2v) is 5.60. The topological polar surface area (TPSA) is 46.0 Å². The Morgan fingerprint density at radius 1 is 1.47 bits per heavy atom. The van der Waals surface area contributed by atoms with Crippen molar-refractivity contribution in [2.75, 3.05) is 20.1 Å². The predicted molar refractivity (Wildman–Crippen MR) is 78.1 cm³/mol. The van der Waals surface area contributed by atoms with Crippen molar-refractivity contribution in [1.29, 1.82) is 0 Å². The molecule has 19 heavy (non-hydrogen) atoms. The fourth-order valence-corrected chi connectivity index (χ4v) is 2.59. The van der Waals surface area contributed by atoms with Crippen LogP contribution >= 0.6 is 11.3 Å². The Hall–Kier alpha value is -1.24. The fraction of sp³-hybridized carbons (Fsp3) is 0.538. The molecule has 0 aromatic carbocycles. The van der Waals surface area contributed by atoms with Gasteiger partial charge in [-0.3, -0.25) is 9.58 Å². The summed E-state index contributed by atoms with van der Waals surface area (Å²) in [6.07, 6.45) is 2.02. The number of nitrogens with one attached hydrogen (secondary N) is 1. The summed E-state index contributed by atoms with van der Waals surface area (Å²) in [5.41, 5.74) is 1.00. The second kappa shape index (κ2) is 7.37. The number of likely N-dealkylation sites (N-methyl/N-ethyl adjacent to an activating group) is 1. The van der Waals surface area contributed by atoms with Gasteiger partial charge in [0.15, 0.2) is 0 Å². The lowest BCUT2D eigenvalue weighted by Crippen LogP contribution is -2.22. The van der Waals surface area contributed by atoms with Crippen molar-refractivity contribution in [1.82, 2.24) is 25.2 Å². The van der Waals surface area contributed by atoms with Gasteiger partial charge in [0.05, 0.1) is 12.2 Å². The lowest BCUT2D eigenvalue weighted by atomic mass is 10.4. The van der Waals surface area contributed by atoms with Crippen LogP contribution in [0.3, 0.4) is 0 Å². The molecular formula is C13H21N5S. The van der Waals surface area contributed by atoms with Gasteiger partial charge in [-0.1, -0.05) is 18.2 Å². The van der Waals surface area contributed by atoms with Crippen molar-refractivity contribution in [3.8, 4) is 0 Å². The molecule has 0 bridgehead atoms. The Kier molecular flexibility index (Phi) is 5.50. The highest BCUT2D eigenvalue weighted by Crippen LogP contribution is 2.10. The Balaban J connectivity index is 1.73. The summed E-state index contributed by atoms with van der Waals surface area (Å²) >= 11 is 1.80. The van der Waals surface area contributed by atoms with E-state index in [4.69, 9.17) is 0 Å². The third-order valence-corrected chi connectivity index (χ3v) is 3.72. The molecule has 0 amide bonds. The average Bonchev–Trinajstić information content (AvgIpc) is 3.05. The first-order valence-corrected chi connectivity index (χ1v) is 7.46. The molecule has 0 fully saturated rings. The van der Waals surface area contributed by atoms with Gasteiger partial charge in [0, 0.05) is 30.7 Å². The van der Waals surface area contributed by atoms with E-state index >= 15 is 0 Å². The minimum atomic E-state index is 0.793. The van der Waals surface area contributed by atoms with Crippen LogP contribution in [0.2, 0.25) is 0 Å². The van der Waals surface area contributed by atoms with E-state index in [0.29, 0.717) is 0 Å². The minimum Gasteiger partial charge on any atom is -0.311 e. The maximum atomic E-state index is 4.14. The first-order chi connectivity index (χ1) is 9.28. The summed E-state index contributed by atoms with van der Waals surface area (Å²) in [6, 6.07) is 4.27. The third kappa shape index (κ3) is 4.74. The Bertz CT molecular complexity index is 465. The fourth-order valence-electron chi connectivity index (χ4n) is 1.80. The smallest absolute Gasteiger partial charge is 0.0964 e. The van der Waals surface area contributed by atoms with E-state index in [1.807, 2.05) is 10.9 Å². The standard InChI is InChI=1S/C13H21N5S/c1-3-14-9-12-10-18(16-15-12)7-6-17(2)11-13-5-4-8-19-13/h4-5,8,10,14H,3,6-7,9,11H2,1-2H3. The number of thiophene rings is 1. The molecular weight excluding hydrogens is 258 g/mol. The van der Waals surface area contributed by atoms with E-state index in [-0.39, 0.29) is 0 Å². The van der Waals surface area contributed by atoms with Gasteiger partial charge in [0.2, 0.25) is 0 Å². The zero-order chi connectivity index (χ0) is 13.5. The van der Waals surface area contributed by atoms with E-state index in [1.165, 1.54) is 4.88 Å². The van der Waals surface area contributed by atoms with E-state index in [2.05, 4.69) is 52.0 Å². The van der Waals surface area contributed by atoms with Crippen LogP contribution < -0.4 is 5.32 Å². The molecule has 0 aliphatic carbocycles. The van der Waals surface area contributed by atoms with E-state index in [0.717, 1.165) is 38.4 Å². The van der Waals surface area contributed by atoms with Gasteiger partial charge in [-0.25, -0.2) is 0 Å². The molecule has 0 saturated carbocycles. The van der Waals surface area contributed by atoms with Crippen LogP contribution in [0.1, 0.15) is 17.5 Å². The maximum Gasteiger partial charge on any atom is 0.0964 e. The zero-order valence-electron chi connectivity index (χ0n) is 11.5. The number of nitrogens with zero attached hydrogens (tertiary/aromatic N) is 4. The number of hydrogen-bond donors (Lipinski definition) is 1. The lowest BCUT2D eigenvalue weighted by molar-refractivity contribution is 0.306. The van der Waals surface area contributed by atoms with E-state index in [1.54, 1.807) is 11.3 Å². The molecule has 5 nitrogen and oxygen atoms in total. The summed E-state index contributed by atoms with van der Waals surface area (Å²) < 4.78 is 1.91. The van der Waals surface area contributed by atoms with Crippen molar-refractivity contribution in [3.63, 3.8) is 0 Å². The molecule has 6 heteroatoms. The molecule has 0 radical (unpaired) electrons. The molecule has 0 atom stereocenters. The van der Waals surface area contributed by atoms with Crippen LogP contribution in [0.25, 0.3) is 0 Å². The molecule has 2 aromatic rings.